The fraction of sp³-hybridized carbons (Fsp3) is 0.200. The summed E-state index contributed by atoms with van der Waals surface area (Å²) in [5.41, 5.74) is 8.42. The number of anilines is 1. The fourth-order valence-electron chi connectivity index (χ4n) is 2.41. The monoisotopic (exact) mass is 253 g/mol. The zero-order chi connectivity index (χ0) is 13.2. The molecule has 2 aromatic rings. The zero-order valence-corrected chi connectivity index (χ0v) is 10.5. The first-order valence-electron chi connectivity index (χ1n) is 6.32. The minimum absolute atomic E-state index is 0.0751. The smallest absolute Gasteiger partial charge is 0.254 e. The van der Waals surface area contributed by atoms with Crippen LogP contribution in [0.2, 0.25) is 0 Å². The lowest BCUT2D eigenvalue weighted by Crippen LogP contribution is -2.37. The van der Waals surface area contributed by atoms with Crippen molar-refractivity contribution >= 4 is 11.7 Å². The topological polar surface area (TPSA) is 59.2 Å². The summed E-state index contributed by atoms with van der Waals surface area (Å²) in [5, 5.41) is 0. The van der Waals surface area contributed by atoms with Gasteiger partial charge in [-0.25, -0.2) is 4.98 Å². The fourth-order valence-corrected chi connectivity index (χ4v) is 2.41. The van der Waals surface area contributed by atoms with E-state index in [2.05, 4.69) is 4.98 Å². The largest absolute Gasteiger partial charge is 0.384 e. The van der Waals surface area contributed by atoms with Crippen LogP contribution in [0.3, 0.4) is 0 Å². The number of aromatic nitrogens is 1. The molecule has 1 aromatic heterocycles. The molecule has 0 spiro atoms. The summed E-state index contributed by atoms with van der Waals surface area (Å²) in [6, 6.07) is 13.3. The Morgan fingerprint density at radius 1 is 1.16 bits per heavy atom. The SMILES string of the molecule is Nc1cccc(CN2CCc3ccccc3C2=O)n1. The Balaban J connectivity index is 1.83. The van der Waals surface area contributed by atoms with Gasteiger partial charge in [0.1, 0.15) is 5.82 Å². The normalized spacial score (nSPS) is 14.3. The van der Waals surface area contributed by atoms with E-state index >= 15 is 0 Å². The summed E-state index contributed by atoms with van der Waals surface area (Å²) >= 11 is 0. The summed E-state index contributed by atoms with van der Waals surface area (Å²) in [5.74, 6) is 0.563. The van der Waals surface area contributed by atoms with Crippen molar-refractivity contribution < 1.29 is 4.79 Å². The maximum absolute atomic E-state index is 12.4. The number of hydrogen-bond acceptors (Lipinski definition) is 3. The molecule has 0 atom stereocenters. The molecule has 0 aliphatic carbocycles. The highest BCUT2D eigenvalue weighted by Gasteiger charge is 2.23. The highest BCUT2D eigenvalue weighted by atomic mass is 16.2. The van der Waals surface area contributed by atoms with E-state index in [0.29, 0.717) is 12.4 Å². The standard InChI is InChI=1S/C15H15N3O/c16-14-7-3-5-12(17-14)10-18-9-8-11-4-1-2-6-13(11)15(18)19/h1-7H,8-10H2,(H2,16,17). The number of rotatable bonds is 2. The summed E-state index contributed by atoms with van der Waals surface area (Å²) in [6.45, 7) is 1.24. The number of fused-ring (bicyclic) bond motifs is 1. The number of amides is 1. The lowest BCUT2D eigenvalue weighted by atomic mass is 9.99. The predicted molar refractivity (Wildman–Crippen MR) is 73.5 cm³/mol. The molecule has 2 heterocycles. The van der Waals surface area contributed by atoms with E-state index in [1.54, 1.807) is 6.07 Å². The average molecular weight is 253 g/mol. The Labute approximate surface area is 111 Å². The predicted octanol–water partition coefficient (Wildman–Crippen LogP) is 1.86. The molecule has 1 amide bonds. The molecule has 0 unspecified atom stereocenters. The average Bonchev–Trinajstić information content (AvgIpc) is 2.42. The summed E-state index contributed by atoms with van der Waals surface area (Å²) < 4.78 is 0. The quantitative estimate of drug-likeness (QED) is 0.888. The van der Waals surface area contributed by atoms with Crippen LogP contribution in [0.4, 0.5) is 5.82 Å². The Kier molecular flexibility index (Phi) is 2.91. The Morgan fingerprint density at radius 2 is 2.00 bits per heavy atom. The van der Waals surface area contributed by atoms with Crippen molar-refractivity contribution in [2.24, 2.45) is 0 Å². The molecule has 4 heteroatoms. The molecule has 96 valence electrons. The number of nitrogen functional groups attached to an aromatic ring is 1. The van der Waals surface area contributed by atoms with Crippen molar-refractivity contribution in [1.29, 1.82) is 0 Å². The van der Waals surface area contributed by atoms with Crippen LogP contribution < -0.4 is 5.73 Å². The molecule has 19 heavy (non-hydrogen) atoms. The number of hydrogen-bond donors (Lipinski definition) is 1. The van der Waals surface area contributed by atoms with Gasteiger partial charge in [0, 0.05) is 12.1 Å². The number of carbonyl (C=O) groups is 1. The molecule has 0 fully saturated rings. The van der Waals surface area contributed by atoms with Gasteiger partial charge in [-0.1, -0.05) is 24.3 Å². The van der Waals surface area contributed by atoms with Crippen LogP contribution in [-0.4, -0.2) is 22.3 Å². The van der Waals surface area contributed by atoms with E-state index < -0.39 is 0 Å². The first kappa shape index (κ1) is 11.7. The Bertz CT molecular complexity index is 624. The molecule has 0 radical (unpaired) electrons. The van der Waals surface area contributed by atoms with Gasteiger partial charge in [-0.2, -0.15) is 0 Å². The summed E-state index contributed by atoms with van der Waals surface area (Å²) in [7, 11) is 0. The third kappa shape index (κ3) is 2.29. The zero-order valence-electron chi connectivity index (χ0n) is 10.5. The molecule has 2 N–H and O–H groups in total. The molecular formula is C15H15N3O. The van der Waals surface area contributed by atoms with Gasteiger partial charge < -0.3 is 10.6 Å². The molecule has 0 saturated carbocycles. The lowest BCUT2D eigenvalue weighted by Gasteiger charge is -2.28. The molecule has 1 aliphatic heterocycles. The Hall–Kier alpha value is -2.36. The van der Waals surface area contributed by atoms with Crippen LogP contribution in [0.1, 0.15) is 21.6 Å². The third-order valence-corrected chi connectivity index (χ3v) is 3.37. The van der Waals surface area contributed by atoms with Gasteiger partial charge in [0.15, 0.2) is 0 Å². The minimum atomic E-state index is 0.0751. The second kappa shape index (κ2) is 4.72. The number of pyridine rings is 1. The van der Waals surface area contributed by atoms with Gasteiger partial charge >= 0.3 is 0 Å². The van der Waals surface area contributed by atoms with Crippen molar-refractivity contribution in [3.8, 4) is 0 Å². The number of nitrogens with two attached hydrogens (primary N) is 1. The van der Waals surface area contributed by atoms with Crippen molar-refractivity contribution in [2.75, 3.05) is 12.3 Å². The van der Waals surface area contributed by atoms with Gasteiger partial charge in [-0.15, -0.1) is 0 Å². The van der Waals surface area contributed by atoms with E-state index in [-0.39, 0.29) is 5.91 Å². The van der Waals surface area contributed by atoms with Gasteiger partial charge in [-0.3, -0.25) is 4.79 Å². The molecular weight excluding hydrogens is 238 g/mol. The minimum Gasteiger partial charge on any atom is -0.384 e. The molecule has 1 aromatic carbocycles. The first-order valence-corrected chi connectivity index (χ1v) is 6.32. The van der Waals surface area contributed by atoms with Gasteiger partial charge in [0.25, 0.3) is 5.91 Å². The van der Waals surface area contributed by atoms with Crippen LogP contribution >= 0.6 is 0 Å². The van der Waals surface area contributed by atoms with Gasteiger partial charge in [-0.05, 0) is 30.2 Å². The van der Waals surface area contributed by atoms with Crippen LogP contribution in [0.5, 0.6) is 0 Å². The third-order valence-electron chi connectivity index (χ3n) is 3.37. The summed E-state index contributed by atoms with van der Waals surface area (Å²) in [6.07, 6.45) is 0.893. The van der Waals surface area contributed by atoms with Gasteiger partial charge in [0.05, 0.1) is 12.2 Å². The first-order chi connectivity index (χ1) is 9.24. The molecule has 1 aliphatic rings. The van der Waals surface area contributed by atoms with E-state index in [1.807, 2.05) is 41.3 Å². The van der Waals surface area contributed by atoms with Gasteiger partial charge in [0.2, 0.25) is 0 Å². The van der Waals surface area contributed by atoms with Crippen LogP contribution in [0, 0.1) is 0 Å². The van der Waals surface area contributed by atoms with Crippen molar-refractivity contribution in [1.82, 2.24) is 9.88 Å². The number of carbonyl (C=O) groups excluding carboxylic acids is 1. The summed E-state index contributed by atoms with van der Waals surface area (Å²) in [4.78, 5) is 18.4. The highest BCUT2D eigenvalue weighted by molar-refractivity contribution is 5.96. The van der Waals surface area contributed by atoms with E-state index in [9.17, 15) is 4.79 Å². The number of benzene rings is 1. The maximum Gasteiger partial charge on any atom is 0.254 e. The molecule has 4 nitrogen and oxygen atoms in total. The van der Waals surface area contributed by atoms with E-state index in [1.165, 1.54) is 0 Å². The van der Waals surface area contributed by atoms with E-state index in [0.717, 1.165) is 29.8 Å². The van der Waals surface area contributed by atoms with Crippen molar-refractivity contribution in [2.45, 2.75) is 13.0 Å². The van der Waals surface area contributed by atoms with Crippen molar-refractivity contribution in [3.05, 3.63) is 59.3 Å². The second-order valence-corrected chi connectivity index (χ2v) is 4.69. The molecule has 0 bridgehead atoms. The molecule has 3 rings (SSSR count). The van der Waals surface area contributed by atoms with E-state index in [4.69, 9.17) is 5.73 Å². The Morgan fingerprint density at radius 3 is 2.84 bits per heavy atom. The van der Waals surface area contributed by atoms with Crippen LogP contribution in [-0.2, 0) is 13.0 Å². The van der Waals surface area contributed by atoms with Crippen LogP contribution in [0.25, 0.3) is 0 Å². The second-order valence-electron chi connectivity index (χ2n) is 4.69. The lowest BCUT2D eigenvalue weighted by molar-refractivity contribution is 0.0725. The number of nitrogens with zero attached hydrogens (tertiary/aromatic N) is 2. The maximum atomic E-state index is 12.4. The highest BCUT2D eigenvalue weighted by Crippen LogP contribution is 2.20. The van der Waals surface area contributed by atoms with Crippen molar-refractivity contribution in [3.63, 3.8) is 0 Å². The molecule has 0 saturated heterocycles. The van der Waals surface area contributed by atoms with Crippen LogP contribution in [0.15, 0.2) is 42.5 Å².